The first-order valence-corrected chi connectivity index (χ1v) is 7.65. The van der Waals surface area contributed by atoms with Gasteiger partial charge in [-0.05, 0) is 23.8 Å². The van der Waals surface area contributed by atoms with Crippen LogP contribution >= 0.6 is 23.4 Å². The van der Waals surface area contributed by atoms with Crippen LogP contribution in [0.4, 0.5) is 14.5 Å². The minimum atomic E-state index is -0.792. The van der Waals surface area contributed by atoms with Crippen LogP contribution in [0, 0.1) is 11.6 Å². The summed E-state index contributed by atoms with van der Waals surface area (Å²) < 4.78 is 26.1. The molecule has 0 radical (unpaired) electrons. The number of benzene rings is 2. The van der Waals surface area contributed by atoms with Crippen molar-refractivity contribution in [3.05, 3.63) is 64.7 Å². The first-order chi connectivity index (χ1) is 10.1. The molecule has 0 fully saturated rings. The number of carbonyl (C=O) groups excluding carboxylic acids is 1. The van der Waals surface area contributed by atoms with Crippen LogP contribution in [0.15, 0.2) is 42.5 Å². The highest BCUT2D eigenvalue weighted by Crippen LogP contribution is 2.21. The Morgan fingerprint density at radius 2 is 1.95 bits per heavy atom. The summed E-state index contributed by atoms with van der Waals surface area (Å²) in [5, 5.41) is 3.05. The zero-order valence-electron chi connectivity index (χ0n) is 10.9. The lowest BCUT2D eigenvalue weighted by molar-refractivity contribution is -0.113. The second kappa shape index (κ2) is 7.43. The average molecular weight is 328 g/mol. The summed E-state index contributed by atoms with van der Waals surface area (Å²) in [6, 6.07) is 10.4. The Morgan fingerprint density at radius 1 is 1.19 bits per heavy atom. The van der Waals surface area contributed by atoms with Crippen molar-refractivity contribution < 1.29 is 13.6 Å². The van der Waals surface area contributed by atoms with Crippen molar-refractivity contribution in [3.8, 4) is 0 Å². The van der Waals surface area contributed by atoms with Gasteiger partial charge in [0.25, 0.3) is 0 Å². The Balaban J connectivity index is 1.84. The number of halogens is 3. The third kappa shape index (κ3) is 4.72. The van der Waals surface area contributed by atoms with Gasteiger partial charge in [0.2, 0.25) is 5.91 Å². The smallest absolute Gasteiger partial charge is 0.234 e. The predicted molar refractivity (Wildman–Crippen MR) is 82.6 cm³/mol. The standard InChI is InChI=1S/C15H12ClF2NOS/c16-12-4-2-1-3-10(12)8-21-9-15(20)19-14-6-5-11(17)7-13(14)18/h1-7H,8-9H2,(H,19,20). The topological polar surface area (TPSA) is 29.1 Å². The highest BCUT2D eigenvalue weighted by Gasteiger charge is 2.08. The molecule has 0 bridgehead atoms. The SMILES string of the molecule is O=C(CSCc1ccccc1Cl)Nc1ccc(F)cc1F. The third-order valence-corrected chi connectivity index (χ3v) is 4.00. The highest BCUT2D eigenvalue weighted by atomic mass is 35.5. The van der Waals surface area contributed by atoms with E-state index in [0.29, 0.717) is 10.8 Å². The van der Waals surface area contributed by atoms with Gasteiger partial charge in [0.15, 0.2) is 0 Å². The van der Waals surface area contributed by atoms with Crippen molar-refractivity contribution in [2.75, 3.05) is 11.1 Å². The number of amides is 1. The fourth-order valence-corrected chi connectivity index (χ4v) is 2.76. The van der Waals surface area contributed by atoms with E-state index < -0.39 is 11.6 Å². The maximum Gasteiger partial charge on any atom is 0.234 e. The van der Waals surface area contributed by atoms with E-state index in [-0.39, 0.29) is 17.3 Å². The summed E-state index contributed by atoms with van der Waals surface area (Å²) in [5.41, 5.74) is 0.907. The first-order valence-electron chi connectivity index (χ1n) is 6.12. The van der Waals surface area contributed by atoms with E-state index in [0.717, 1.165) is 17.7 Å². The van der Waals surface area contributed by atoms with E-state index in [4.69, 9.17) is 11.6 Å². The van der Waals surface area contributed by atoms with Gasteiger partial charge < -0.3 is 5.32 Å². The van der Waals surface area contributed by atoms with Crippen LogP contribution in [0.3, 0.4) is 0 Å². The second-order valence-electron chi connectivity index (χ2n) is 4.26. The Kier molecular flexibility index (Phi) is 5.59. The van der Waals surface area contributed by atoms with Crippen molar-refractivity contribution in [1.82, 2.24) is 0 Å². The van der Waals surface area contributed by atoms with Gasteiger partial charge in [0, 0.05) is 16.8 Å². The lowest BCUT2D eigenvalue weighted by Gasteiger charge is -2.07. The molecule has 0 heterocycles. The predicted octanol–water partition coefficient (Wildman–Crippen LogP) is 4.49. The van der Waals surface area contributed by atoms with Gasteiger partial charge in [0.1, 0.15) is 11.6 Å². The monoisotopic (exact) mass is 327 g/mol. The molecule has 21 heavy (non-hydrogen) atoms. The molecule has 0 aliphatic rings. The van der Waals surface area contributed by atoms with Gasteiger partial charge in [-0.25, -0.2) is 8.78 Å². The Morgan fingerprint density at radius 3 is 2.67 bits per heavy atom. The van der Waals surface area contributed by atoms with E-state index in [1.165, 1.54) is 17.8 Å². The zero-order valence-corrected chi connectivity index (χ0v) is 12.5. The molecule has 0 spiro atoms. The molecular formula is C15H12ClF2NOS. The Hall–Kier alpha value is -1.59. The van der Waals surface area contributed by atoms with Crippen LogP contribution in [0.1, 0.15) is 5.56 Å². The summed E-state index contributed by atoms with van der Waals surface area (Å²) in [5.74, 6) is -1.09. The summed E-state index contributed by atoms with van der Waals surface area (Å²) in [7, 11) is 0. The summed E-state index contributed by atoms with van der Waals surface area (Å²) >= 11 is 7.37. The largest absolute Gasteiger partial charge is 0.323 e. The molecule has 110 valence electrons. The number of hydrogen-bond acceptors (Lipinski definition) is 2. The van der Waals surface area contributed by atoms with Crippen molar-refractivity contribution in [2.45, 2.75) is 5.75 Å². The molecule has 0 saturated heterocycles. The number of carbonyl (C=O) groups is 1. The summed E-state index contributed by atoms with van der Waals surface area (Å²) in [6.07, 6.45) is 0. The number of thioether (sulfide) groups is 1. The van der Waals surface area contributed by atoms with E-state index in [9.17, 15) is 13.6 Å². The lowest BCUT2D eigenvalue weighted by atomic mass is 10.2. The minimum Gasteiger partial charge on any atom is -0.323 e. The molecule has 0 aliphatic heterocycles. The summed E-state index contributed by atoms with van der Waals surface area (Å²) in [4.78, 5) is 11.7. The van der Waals surface area contributed by atoms with E-state index >= 15 is 0 Å². The fourth-order valence-electron chi connectivity index (χ4n) is 1.65. The Bertz CT molecular complexity index is 651. The molecule has 0 aromatic heterocycles. The van der Waals surface area contributed by atoms with Crippen LogP contribution in [-0.4, -0.2) is 11.7 Å². The quantitative estimate of drug-likeness (QED) is 0.876. The molecule has 2 aromatic carbocycles. The fraction of sp³-hybridized carbons (Fsp3) is 0.133. The Labute approximate surface area is 130 Å². The number of hydrogen-bond donors (Lipinski definition) is 1. The molecule has 1 amide bonds. The first kappa shape index (κ1) is 15.8. The molecule has 0 saturated carbocycles. The number of nitrogens with one attached hydrogen (secondary N) is 1. The maximum atomic E-state index is 13.4. The lowest BCUT2D eigenvalue weighted by Crippen LogP contribution is -2.15. The van der Waals surface area contributed by atoms with E-state index in [2.05, 4.69) is 5.32 Å². The molecule has 2 nitrogen and oxygen atoms in total. The van der Waals surface area contributed by atoms with Gasteiger partial charge in [-0.2, -0.15) is 0 Å². The van der Waals surface area contributed by atoms with Crippen LogP contribution < -0.4 is 5.32 Å². The van der Waals surface area contributed by atoms with Gasteiger partial charge in [-0.1, -0.05) is 29.8 Å². The van der Waals surface area contributed by atoms with Gasteiger partial charge >= 0.3 is 0 Å². The molecular weight excluding hydrogens is 316 g/mol. The zero-order chi connectivity index (χ0) is 15.2. The van der Waals surface area contributed by atoms with E-state index in [1.54, 1.807) is 6.07 Å². The number of rotatable bonds is 5. The highest BCUT2D eigenvalue weighted by molar-refractivity contribution is 7.99. The van der Waals surface area contributed by atoms with Crippen molar-refractivity contribution in [2.24, 2.45) is 0 Å². The van der Waals surface area contributed by atoms with Crippen LogP contribution in [-0.2, 0) is 10.5 Å². The third-order valence-electron chi connectivity index (χ3n) is 2.65. The molecule has 0 unspecified atom stereocenters. The maximum absolute atomic E-state index is 13.4. The normalized spacial score (nSPS) is 10.4. The summed E-state index contributed by atoms with van der Waals surface area (Å²) in [6.45, 7) is 0. The van der Waals surface area contributed by atoms with Crippen LogP contribution in [0.25, 0.3) is 0 Å². The van der Waals surface area contributed by atoms with Crippen LogP contribution in [0.5, 0.6) is 0 Å². The minimum absolute atomic E-state index is 0.0280. The van der Waals surface area contributed by atoms with Crippen molar-refractivity contribution >= 4 is 35.0 Å². The van der Waals surface area contributed by atoms with Crippen molar-refractivity contribution in [1.29, 1.82) is 0 Å². The van der Waals surface area contributed by atoms with Gasteiger partial charge in [-0.3, -0.25) is 4.79 Å². The second-order valence-corrected chi connectivity index (χ2v) is 5.65. The average Bonchev–Trinajstić information content (AvgIpc) is 2.44. The molecule has 0 atom stereocenters. The van der Waals surface area contributed by atoms with Gasteiger partial charge in [-0.15, -0.1) is 11.8 Å². The van der Waals surface area contributed by atoms with E-state index in [1.807, 2.05) is 18.2 Å². The van der Waals surface area contributed by atoms with Gasteiger partial charge in [0.05, 0.1) is 11.4 Å². The van der Waals surface area contributed by atoms with Crippen molar-refractivity contribution in [3.63, 3.8) is 0 Å². The van der Waals surface area contributed by atoms with Crippen LogP contribution in [0.2, 0.25) is 5.02 Å². The molecule has 0 aliphatic carbocycles. The molecule has 2 aromatic rings. The molecule has 6 heteroatoms. The number of anilines is 1. The molecule has 2 rings (SSSR count). The molecule has 1 N–H and O–H groups in total.